The van der Waals surface area contributed by atoms with Gasteiger partial charge in [0.05, 0.1) is 0 Å². The van der Waals surface area contributed by atoms with Crippen LogP contribution in [0.25, 0.3) is 0 Å². The molecule has 1 saturated carbocycles. The van der Waals surface area contributed by atoms with Gasteiger partial charge in [-0.25, -0.2) is 0 Å². The van der Waals surface area contributed by atoms with E-state index in [0.717, 1.165) is 0 Å². The Labute approximate surface area is 94.6 Å². The fourth-order valence-corrected chi connectivity index (χ4v) is 3.07. The van der Waals surface area contributed by atoms with Crippen LogP contribution in [0.3, 0.4) is 0 Å². The molecule has 0 radical (unpaired) electrons. The minimum Gasteiger partial charge on any atom is -0.298 e. The van der Waals surface area contributed by atoms with Gasteiger partial charge >= 0.3 is 0 Å². The SMILES string of the molecule is CC(C)N1CCN(C(C)(C)C)C2(CC2)C1. The zero-order chi connectivity index (χ0) is 11.3. The lowest BCUT2D eigenvalue weighted by atomic mass is 9.98. The lowest BCUT2D eigenvalue weighted by Crippen LogP contribution is -2.61. The molecule has 2 nitrogen and oxygen atoms in total. The molecule has 0 aromatic rings. The van der Waals surface area contributed by atoms with Gasteiger partial charge in [0.1, 0.15) is 0 Å². The summed E-state index contributed by atoms with van der Waals surface area (Å²) in [6.45, 7) is 15.5. The zero-order valence-corrected chi connectivity index (χ0v) is 11.0. The minimum absolute atomic E-state index is 0.347. The molecule has 1 saturated heterocycles. The topological polar surface area (TPSA) is 6.48 Å². The molecule has 2 heteroatoms. The Morgan fingerprint density at radius 1 is 1.07 bits per heavy atom. The molecule has 0 unspecified atom stereocenters. The number of rotatable bonds is 1. The summed E-state index contributed by atoms with van der Waals surface area (Å²) < 4.78 is 0. The predicted octanol–water partition coefficient (Wildman–Crippen LogP) is 2.34. The first-order chi connectivity index (χ1) is 6.85. The van der Waals surface area contributed by atoms with Crippen LogP contribution in [-0.4, -0.2) is 46.6 Å². The van der Waals surface area contributed by atoms with Gasteiger partial charge in [-0.15, -0.1) is 0 Å². The summed E-state index contributed by atoms with van der Waals surface area (Å²) in [5, 5.41) is 0. The number of nitrogens with zero attached hydrogens (tertiary/aromatic N) is 2. The van der Waals surface area contributed by atoms with E-state index < -0.39 is 0 Å². The Morgan fingerprint density at radius 2 is 1.67 bits per heavy atom. The molecular formula is C13H26N2. The third-order valence-corrected chi connectivity index (χ3v) is 4.05. The van der Waals surface area contributed by atoms with Crippen molar-refractivity contribution in [2.24, 2.45) is 0 Å². The van der Waals surface area contributed by atoms with Gasteiger partial charge in [-0.1, -0.05) is 0 Å². The Bertz CT molecular complexity index is 235. The van der Waals surface area contributed by atoms with Crippen molar-refractivity contribution in [3.05, 3.63) is 0 Å². The first-order valence-corrected chi connectivity index (χ1v) is 6.37. The van der Waals surface area contributed by atoms with E-state index in [1.165, 1.54) is 32.5 Å². The molecule has 2 aliphatic rings. The molecule has 1 heterocycles. The monoisotopic (exact) mass is 210 g/mol. The summed E-state index contributed by atoms with van der Waals surface area (Å²) in [7, 11) is 0. The average Bonchev–Trinajstić information content (AvgIpc) is 2.82. The second-order valence-corrected chi connectivity index (χ2v) is 6.61. The van der Waals surface area contributed by atoms with Gasteiger partial charge in [0.2, 0.25) is 0 Å². The van der Waals surface area contributed by atoms with E-state index >= 15 is 0 Å². The van der Waals surface area contributed by atoms with Gasteiger partial charge in [-0.2, -0.15) is 0 Å². The summed E-state index contributed by atoms with van der Waals surface area (Å²) in [6.07, 6.45) is 2.82. The summed E-state index contributed by atoms with van der Waals surface area (Å²) in [5.74, 6) is 0. The Balaban J connectivity index is 2.08. The van der Waals surface area contributed by atoms with Crippen molar-refractivity contribution < 1.29 is 0 Å². The minimum atomic E-state index is 0.347. The van der Waals surface area contributed by atoms with Crippen LogP contribution >= 0.6 is 0 Å². The third kappa shape index (κ3) is 2.07. The van der Waals surface area contributed by atoms with Crippen LogP contribution in [0.2, 0.25) is 0 Å². The first-order valence-electron chi connectivity index (χ1n) is 6.37. The highest BCUT2D eigenvalue weighted by Gasteiger charge is 2.54. The van der Waals surface area contributed by atoms with E-state index in [1.54, 1.807) is 0 Å². The second kappa shape index (κ2) is 3.46. The quantitative estimate of drug-likeness (QED) is 0.655. The molecule has 1 spiro atoms. The highest BCUT2D eigenvalue weighted by atomic mass is 15.4. The van der Waals surface area contributed by atoms with Gasteiger partial charge in [0, 0.05) is 36.8 Å². The smallest absolute Gasteiger partial charge is 0.0343 e. The Kier molecular flexibility index (Phi) is 2.63. The molecule has 0 aromatic carbocycles. The molecule has 0 atom stereocenters. The van der Waals surface area contributed by atoms with Crippen molar-refractivity contribution in [2.45, 2.75) is 64.6 Å². The van der Waals surface area contributed by atoms with Crippen LogP contribution in [0.1, 0.15) is 47.5 Å². The van der Waals surface area contributed by atoms with E-state index in [4.69, 9.17) is 0 Å². The summed E-state index contributed by atoms with van der Waals surface area (Å²) in [5.41, 5.74) is 0.889. The molecule has 0 N–H and O–H groups in total. The molecule has 0 aromatic heterocycles. The number of piperazine rings is 1. The fourth-order valence-electron chi connectivity index (χ4n) is 3.07. The van der Waals surface area contributed by atoms with E-state index in [2.05, 4.69) is 44.4 Å². The van der Waals surface area contributed by atoms with Crippen molar-refractivity contribution in [3.8, 4) is 0 Å². The number of hydrogen-bond donors (Lipinski definition) is 0. The molecular weight excluding hydrogens is 184 g/mol. The molecule has 1 aliphatic heterocycles. The average molecular weight is 210 g/mol. The lowest BCUT2D eigenvalue weighted by Gasteiger charge is -2.50. The zero-order valence-electron chi connectivity index (χ0n) is 11.0. The van der Waals surface area contributed by atoms with Crippen molar-refractivity contribution >= 4 is 0 Å². The largest absolute Gasteiger partial charge is 0.298 e. The number of hydrogen-bond acceptors (Lipinski definition) is 2. The van der Waals surface area contributed by atoms with Crippen molar-refractivity contribution in [1.29, 1.82) is 0 Å². The van der Waals surface area contributed by atoms with Crippen LogP contribution in [0.4, 0.5) is 0 Å². The molecule has 2 fully saturated rings. The summed E-state index contributed by atoms with van der Waals surface area (Å²) >= 11 is 0. The maximum atomic E-state index is 2.75. The molecule has 0 bridgehead atoms. The molecule has 15 heavy (non-hydrogen) atoms. The van der Waals surface area contributed by atoms with Crippen molar-refractivity contribution in [1.82, 2.24) is 9.80 Å². The van der Waals surface area contributed by atoms with Gasteiger partial charge in [-0.3, -0.25) is 9.80 Å². The van der Waals surface area contributed by atoms with Crippen LogP contribution in [0.15, 0.2) is 0 Å². The van der Waals surface area contributed by atoms with Crippen LogP contribution in [-0.2, 0) is 0 Å². The third-order valence-electron chi connectivity index (χ3n) is 4.05. The van der Waals surface area contributed by atoms with Crippen LogP contribution in [0, 0.1) is 0 Å². The van der Waals surface area contributed by atoms with Crippen molar-refractivity contribution in [3.63, 3.8) is 0 Å². The normalized spacial score (nSPS) is 27.6. The standard InChI is InChI=1S/C13H26N2/c1-11(2)14-8-9-15(12(3,4)5)13(10-14)6-7-13/h11H,6-10H2,1-5H3. The second-order valence-electron chi connectivity index (χ2n) is 6.61. The maximum absolute atomic E-state index is 2.75. The summed E-state index contributed by atoms with van der Waals surface area (Å²) in [6, 6.07) is 0.713. The van der Waals surface area contributed by atoms with E-state index in [1.807, 2.05) is 0 Å². The van der Waals surface area contributed by atoms with Crippen LogP contribution in [0.5, 0.6) is 0 Å². The fraction of sp³-hybridized carbons (Fsp3) is 1.00. The highest BCUT2D eigenvalue weighted by Crippen LogP contribution is 2.47. The van der Waals surface area contributed by atoms with E-state index in [-0.39, 0.29) is 0 Å². The van der Waals surface area contributed by atoms with Gasteiger partial charge in [-0.05, 0) is 47.5 Å². The van der Waals surface area contributed by atoms with Crippen LogP contribution < -0.4 is 0 Å². The molecule has 0 amide bonds. The molecule has 2 rings (SSSR count). The lowest BCUT2D eigenvalue weighted by molar-refractivity contribution is -0.0142. The molecule has 88 valence electrons. The Morgan fingerprint density at radius 3 is 2.07 bits per heavy atom. The van der Waals surface area contributed by atoms with E-state index in [9.17, 15) is 0 Å². The van der Waals surface area contributed by atoms with Gasteiger partial charge in [0.15, 0.2) is 0 Å². The van der Waals surface area contributed by atoms with E-state index in [0.29, 0.717) is 17.1 Å². The molecule has 1 aliphatic carbocycles. The maximum Gasteiger partial charge on any atom is 0.0343 e. The van der Waals surface area contributed by atoms with Gasteiger partial charge < -0.3 is 0 Å². The Hall–Kier alpha value is -0.0800. The predicted molar refractivity (Wildman–Crippen MR) is 65.1 cm³/mol. The van der Waals surface area contributed by atoms with Crippen molar-refractivity contribution in [2.75, 3.05) is 19.6 Å². The summed E-state index contributed by atoms with van der Waals surface area (Å²) in [4.78, 5) is 5.40. The van der Waals surface area contributed by atoms with Gasteiger partial charge in [0.25, 0.3) is 0 Å². The first kappa shape index (κ1) is 11.4. The highest BCUT2D eigenvalue weighted by molar-refractivity contribution is 5.11.